The van der Waals surface area contributed by atoms with Crippen LogP contribution in [-0.4, -0.2) is 49.3 Å². The highest BCUT2D eigenvalue weighted by Gasteiger charge is 2.39. The van der Waals surface area contributed by atoms with Crippen LogP contribution in [0.25, 0.3) is 0 Å². The van der Waals surface area contributed by atoms with Crippen molar-refractivity contribution in [2.24, 2.45) is 4.99 Å². The average Bonchev–Trinajstić information content (AvgIpc) is 2.94. The maximum absolute atomic E-state index is 13.7. The van der Waals surface area contributed by atoms with Crippen LogP contribution in [0.3, 0.4) is 0 Å². The summed E-state index contributed by atoms with van der Waals surface area (Å²) in [5.74, 6) is -1.50. The molecule has 0 heterocycles. The number of aryl methyl sites for hydroxylation is 1. The number of thiol groups is 1. The van der Waals surface area contributed by atoms with E-state index in [9.17, 15) is 40.7 Å². The number of aliphatic imine (C=N–C) groups is 1. The maximum atomic E-state index is 13.7. The Balaban J connectivity index is 0.00000170. The molecular weight excluding hydrogens is 653 g/mol. The van der Waals surface area contributed by atoms with E-state index in [-0.39, 0.29) is 49.4 Å². The van der Waals surface area contributed by atoms with Gasteiger partial charge in [0.25, 0.3) is 0 Å². The predicted molar refractivity (Wildman–Crippen MR) is 171 cm³/mol. The van der Waals surface area contributed by atoms with Crippen molar-refractivity contribution in [2.75, 3.05) is 20.7 Å². The minimum absolute atomic E-state index is 0.0450. The van der Waals surface area contributed by atoms with Gasteiger partial charge in [-0.25, -0.2) is 0 Å². The maximum Gasteiger partial charge on any atom is 0.416 e. The van der Waals surface area contributed by atoms with Gasteiger partial charge in [0, 0.05) is 43.1 Å². The number of benzene rings is 2. The number of nitrogens with zero attached hydrogens (tertiary/aromatic N) is 2. The first-order valence-corrected chi connectivity index (χ1v) is 15.9. The number of ether oxygens (including phenoxy) is 1. The number of rotatable bonds is 13. The van der Waals surface area contributed by atoms with E-state index >= 15 is 0 Å². The molecule has 1 aliphatic rings. The Labute approximate surface area is 273 Å². The number of methoxy groups -OCH3 is 1. The van der Waals surface area contributed by atoms with Crippen molar-refractivity contribution >= 4 is 45.6 Å². The lowest BCUT2D eigenvalue weighted by Gasteiger charge is -2.25. The van der Waals surface area contributed by atoms with Crippen LogP contribution < -0.4 is 4.74 Å². The summed E-state index contributed by atoms with van der Waals surface area (Å²) in [6.45, 7) is 0.357. The Morgan fingerprint density at radius 1 is 0.978 bits per heavy atom. The molecule has 46 heavy (non-hydrogen) atoms. The van der Waals surface area contributed by atoms with Gasteiger partial charge < -0.3 is 9.64 Å². The van der Waals surface area contributed by atoms with Crippen LogP contribution >= 0.6 is 21.9 Å². The molecule has 3 rings (SSSR count). The normalized spacial score (nSPS) is 13.1. The number of hydrogen-bond acceptors (Lipinski definition) is 6. The smallest absolute Gasteiger partial charge is 0.416 e. The Morgan fingerprint density at radius 3 is 2.09 bits per heavy atom. The number of unbranched alkanes of at least 4 members (excludes halogenated alkanes) is 1. The highest BCUT2D eigenvalue weighted by molar-refractivity contribution is 7.80. The van der Waals surface area contributed by atoms with Crippen molar-refractivity contribution in [3.05, 3.63) is 57.6 Å². The lowest BCUT2D eigenvalue weighted by atomic mass is 9.96. The quantitative estimate of drug-likeness (QED) is 0.0436. The largest absolute Gasteiger partial charge is 0.495 e. The van der Waals surface area contributed by atoms with E-state index in [1.807, 2.05) is 0 Å². The van der Waals surface area contributed by atoms with E-state index in [1.54, 1.807) is 6.07 Å². The number of hydrogen-bond donors (Lipinski definition) is 1. The van der Waals surface area contributed by atoms with Gasteiger partial charge >= 0.3 is 12.4 Å². The zero-order valence-corrected chi connectivity index (χ0v) is 28.0. The van der Waals surface area contributed by atoms with Crippen molar-refractivity contribution in [3.8, 4) is 5.75 Å². The molecule has 0 bridgehead atoms. The summed E-state index contributed by atoms with van der Waals surface area (Å²) in [4.78, 5) is 43.3. The van der Waals surface area contributed by atoms with Crippen LogP contribution in [0, 0.1) is 6.92 Å². The predicted octanol–water partition coefficient (Wildman–Crippen LogP) is 8.31. The summed E-state index contributed by atoms with van der Waals surface area (Å²) in [6, 6.07) is 3.64. The van der Waals surface area contributed by atoms with Gasteiger partial charge in [-0.3, -0.25) is 19.4 Å². The van der Waals surface area contributed by atoms with Gasteiger partial charge in [0.2, 0.25) is 17.5 Å². The molecule has 2 aromatic rings. The first kappa shape index (κ1) is 39.3. The molecule has 0 N–H and O–H groups in total. The summed E-state index contributed by atoms with van der Waals surface area (Å²) in [5.41, 5.74) is -2.81. The van der Waals surface area contributed by atoms with E-state index in [1.165, 1.54) is 52.1 Å². The summed E-state index contributed by atoms with van der Waals surface area (Å²) < 4.78 is 86.0. The number of carbonyl (C=O) groups is 3. The Hall–Kier alpha value is -2.92. The van der Waals surface area contributed by atoms with Gasteiger partial charge in [0.1, 0.15) is 5.75 Å². The molecule has 0 aromatic heterocycles. The number of halogens is 6. The van der Waals surface area contributed by atoms with E-state index in [0.717, 1.165) is 11.8 Å². The van der Waals surface area contributed by atoms with Gasteiger partial charge in [0.05, 0.1) is 24.8 Å². The number of alkyl halides is 6. The molecule has 1 aliphatic carbocycles. The third-order valence-electron chi connectivity index (χ3n) is 7.42. The standard InChI is InChI=1S/C28H31F6N2O4PS.C4H8/c1-16-10-19(27(29,30)31)13-21(28(32,33)34)20(16)14-36(9-8-35-2)24(38)7-5-4-6-22(37)25(39)17-11-18(15-41)26(40-3)23(42)12-17;1-2-4-3-1/h8,10-13,42H,4-7,9,14-15,41H2,1-3H3;1-4H2. The molecule has 0 aliphatic heterocycles. The zero-order chi connectivity index (χ0) is 34.7. The first-order chi connectivity index (χ1) is 21.5. The van der Waals surface area contributed by atoms with Crippen LogP contribution in [-0.2, 0) is 34.6 Å². The molecule has 6 nitrogen and oxygen atoms in total. The average molecular weight is 693 g/mol. The van der Waals surface area contributed by atoms with E-state index < -0.39 is 53.1 Å². The lowest BCUT2D eigenvalue weighted by Crippen LogP contribution is -2.33. The monoisotopic (exact) mass is 692 g/mol. The van der Waals surface area contributed by atoms with Crippen molar-refractivity contribution in [3.63, 3.8) is 0 Å². The topological polar surface area (TPSA) is 76.0 Å². The fourth-order valence-corrected chi connectivity index (χ4v) is 5.18. The summed E-state index contributed by atoms with van der Waals surface area (Å²) >= 11 is 4.31. The fourth-order valence-electron chi connectivity index (χ4n) is 4.50. The molecule has 0 radical (unpaired) electrons. The van der Waals surface area contributed by atoms with Gasteiger partial charge in [-0.1, -0.05) is 25.7 Å². The molecule has 254 valence electrons. The van der Waals surface area contributed by atoms with Crippen LogP contribution in [0.5, 0.6) is 5.75 Å². The highest BCUT2D eigenvalue weighted by atomic mass is 32.1. The van der Waals surface area contributed by atoms with E-state index in [4.69, 9.17) is 4.74 Å². The zero-order valence-electron chi connectivity index (χ0n) is 26.0. The summed E-state index contributed by atoms with van der Waals surface area (Å²) in [6.07, 6.45) is -2.34. The lowest BCUT2D eigenvalue weighted by molar-refractivity contribution is -0.144. The Morgan fingerprint density at radius 2 is 1.59 bits per heavy atom. The number of carbonyl (C=O) groups excluding carboxylic acids is 3. The molecule has 1 atom stereocenters. The summed E-state index contributed by atoms with van der Waals surface area (Å²) in [5, 5.41) is 0. The SMILES string of the molecule is C1CCC1.CN=CCN(Cc1c(C)cc(C(F)(F)F)cc1C(F)(F)F)C(=O)CCCCC(=O)C(=O)c1cc(S)c(OC)c(CP)c1. The second-order valence-electron chi connectivity index (χ2n) is 10.8. The minimum Gasteiger partial charge on any atom is -0.495 e. The summed E-state index contributed by atoms with van der Waals surface area (Å²) in [7, 11) is 5.36. The van der Waals surface area contributed by atoms with Crippen molar-refractivity contribution < 1.29 is 45.5 Å². The Bertz CT molecular complexity index is 1400. The van der Waals surface area contributed by atoms with E-state index in [2.05, 4.69) is 26.9 Å². The molecule has 1 saturated carbocycles. The van der Waals surface area contributed by atoms with Gasteiger partial charge in [-0.05, 0) is 66.9 Å². The molecule has 14 heteroatoms. The van der Waals surface area contributed by atoms with Gasteiger partial charge in [0.15, 0.2) is 0 Å². The van der Waals surface area contributed by atoms with Gasteiger partial charge in [-0.2, -0.15) is 26.3 Å². The van der Waals surface area contributed by atoms with Crippen LogP contribution in [0.1, 0.15) is 89.5 Å². The second kappa shape index (κ2) is 17.8. The van der Waals surface area contributed by atoms with Crippen LogP contribution in [0.4, 0.5) is 26.3 Å². The molecule has 1 amide bonds. The molecule has 0 saturated heterocycles. The Kier molecular flexibility index (Phi) is 15.2. The van der Waals surface area contributed by atoms with Crippen LogP contribution in [0.2, 0.25) is 0 Å². The van der Waals surface area contributed by atoms with Crippen molar-refractivity contribution in [2.45, 2.75) is 88.2 Å². The van der Waals surface area contributed by atoms with Crippen molar-refractivity contribution in [1.29, 1.82) is 0 Å². The molecule has 1 unspecified atom stereocenters. The van der Waals surface area contributed by atoms with Gasteiger partial charge in [-0.15, -0.1) is 21.9 Å². The number of Topliss-reactive ketones (excluding diaryl/α,β-unsaturated/α-hetero) is 2. The second-order valence-corrected chi connectivity index (χ2v) is 11.7. The van der Waals surface area contributed by atoms with E-state index in [0.29, 0.717) is 28.4 Å². The fraction of sp³-hybridized carbons (Fsp3) is 0.500. The first-order valence-electron chi connectivity index (χ1n) is 14.7. The molecular formula is C32H39F6N2O4PS. The molecule has 0 spiro atoms. The van der Waals surface area contributed by atoms with Crippen LogP contribution in [0.15, 0.2) is 34.2 Å². The number of ketones is 2. The third kappa shape index (κ3) is 11.4. The highest BCUT2D eigenvalue weighted by Crippen LogP contribution is 2.39. The third-order valence-corrected chi connectivity index (χ3v) is 8.19. The molecule has 1 fully saturated rings. The number of amides is 1. The minimum atomic E-state index is -5.09. The van der Waals surface area contributed by atoms with Crippen molar-refractivity contribution in [1.82, 2.24) is 4.90 Å². The molecule has 2 aromatic carbocycles.